The third-order valence-electron chi connectivity index (χ3n) is 5.72. The molecule has 3 aromatic rings. The lowest BCUT2D eigenvalue weighted by Crippen LogP contribution is -2.50. The van der Waals surface area contributed by atoms with Crippen molar-refractivity contribution in [3.63, 3.8) is 0 Å². The molecule has 3 N–H and O–H groups in total. The highest BCUT2D eigenvalue weighted by atomic mass is 31.2. The van der Waals surface area contributed by atoms with Crippen LogP contribution in [0.2, 0.25) is 0 Å². The van der Waals surface area contributed by atoms with E-state index in [1.165, 1.54) is 0 Å². The van der Waals surface area contributed by atoms with Gasteiger partial charge in [-0.25, -0.2) is 14.4 Å². The van der Waals surface area contributed by atoms with E-state index in [4.69, 9.17) is 9.05 Å². The van der Waals surface area contributed by atoms with Crippen LogP contribution in [0.25, 0.3) is 0 Å². The largest absolute Gasteiger partial charge is 0.480 e. The number of hydrogen-bond acceptors (Lipinski definition) is 5. The highest BCUT2D eigenvalue weighted by molar-refractivity contribution is 7.51. The van der Waals surface area contributed by atoms with Gasteiger partial charge in [-0.2, -0.15) is 0 Å². The fourth-order valence-corrected chi connectivity index (χ4v) is 5.23. The Morgan fingerprint density at radius 1 is 0.763 bits per heavy atom. The number of rotatable bonds is 15. The van der Waals surface area contributed by atoms with Crippen molar-refractivity contribution in [1.29, 1.82) is 0 Å². The van der Waals surface area contributed by atoms with Crippen LogP contribution in [-0.2, 0) is 42.8 Å². The Bertz CT molecular complexity index is 1140. The van der Waals surface area contributed by atoms with E-state index in [1.54, 1.807) is 0 Å². The minimum atomic E-state index is -4.05. The Labute approximate surface area is 224 Å². The van der Waals surface area contributed by atoms with Crippen LogP contribution in [0.1, 0.15) is 37.0 Å². The van der Waals surface area contributed by atoms with E-state index in [0.717, 1.165) is 16.7 Å². The summed E-state index contributed by atoms with van der Waals surface area (Å²) in [6, 6.07) is 25.5. The van der Waals surface area contributed by atoms with Crippen LogP contribution in [0.15, 0.2) is 91.0 Å². The maximum absolute atomic E-state index is 14.0. The van der Waals surface area contributed by atoms with E-state index in [-0.39, 0.29) is 32.0 Å². The molecule has 0 fully saturated rings. The lowest BCUT2D eigenvalue weighted by Gasteiger charge is -2.26. The Kier molecular flexibility index (Phi) is 11.2. The average molecular weight is 539 g/mol. The van der Waals surface area contributed by atoms with Gasteiger partial charge in [0, 0.05) is 0 Å². The minimum absolute atomic E-state index is 0.00924. The van der Waals surface area contributed by atoms with Gasteiger partial charge in [0.1, 0.15) is 12.1 Å². The number of hydrogen-bond donors (Lipinski definition) is 3. The van der Waals surface area contributed by atoms with E-state index < -0.39 is 31.7 Å². The van der Waals surface area contributed by atoms with Gasteiger partial charge in [-0.05, 0) is 35.4 Å². The first kappa shape index (κ1) is 29.3. The fraction of sp³-hybridized carbons (Fsp3) is 0.310. The Balaban J connectivity index is 1.85. The molecule has 0 spiro atoms. The molecule has 0 aliphatic rings. The first-order valence-electron chi connectivity index (χ1n) is 12.6. The molecule has 0 saturated carbocycles. The second-order valence-corrected chi connectivity index (χ2v) is 11.2. The molecule has 0 radical (unpaired) electrons. The summed E-state index contributed by atoms with van der Waals surface area (Å²) in [6.45, 7) is 3.74. The van der Waals surface area contributed by atoms with Crippen molar-refractivity contribution in [3.05, 3.63) is 108 Å². The molecule has 8 nitrogen and oxygen atoms in total. The van der Waals surface area contributed by atoms with Crippen molar-refractivity contribution >= 4 is 19.6 Å². The van der Waals surface area contributed by atoms with Crippen LogP contribution in [0.5, 0.6) is 0 Å². The smallest absolute Gasteiger partial charge is 0.406 e. The van der Waals surface area contributed by atoms with Crippen molar-refractivity contribution in [2.45, 2.75) is 52.0 Å². The van der Waals surface area contributed by atoms with Gasteiger partial charge in [-0.1, -0.05) is 105 Å². The summed E-state index contributed by atoms with van der Waals surface area (Å²) in [7, 11) is -4.05. The molecule has 202 valence electrons. The van der Waals surface area contributed by atoms with Crippen LogP contribution < -0.4 is 10.4 Å². The average Bonchev–Trinajstić information content (AvgIpc) is 2.91. The van der Waals surface area contributed by atoms with Gasteiger partial charge in [0.2, 0.25) is 5.91 Å². The first-order valence-corrected chi connectivity index (χ1v) is 14.1. The molecular formula is C29H35N2O6P. The number of benzene rings is 3. The van der Waals surface area contributed by atoms with Crippen LogP contribution >= 0.6 is 7.75 Å². The van der Waals surface area contributed by atoms with E-state index in [1.807, 2.05) is 105 Å². The van der Waals surface area contributed by atoms with E-state index in [0.29, 0.717) is 0 Å². The van der Waals surface area contributed by atoms with Crippen molar-refractivity contribution in [1.82, 2.24) is 10.4 Å². The second-order valence-electron chi connectivity index (χ2n) is 9.42. The monoisotopic (exact) mass is 538 g/mol. The maximum Gasteiger partial charge on any atom is 0.406 e. The predicted molar refractivity (Wildman–Crippen MR) is 146 cm³/mol. The van der Waals surface area contributed by atoms with Gasteiger partial charge >= 0.3 is 13.7 Å². The van der Waals surface area contributed by atoms with Crippen LogP contribution in [0.4, 0.5) is 0 Å². The lowest BCUT2D eigenvalue weighted by atomic mass is 10.0. The number of carboxylic acid groups (broad SMARTS) is 1. The Morgan fingerprint density at radius 2 is 1.21 bits per heavy atom. The highest BCUT2D eigenvalue weighted by Crippen LogP contribution is 2.46. The maximum atomic E-state index is 14.0. The highest BCUT2D eigenvalue weighted by Gasteiger charge is 2.34. The van der Waals surface area contributed by atoms with Gasteiger partial charge in [0.15, 0.2) is 0 Å². The summed E-state index contributed by atoms with van der Waals surface area (Å²) in [6.07, 6.45) is 0.403. The summed E-state index contributed by atoms with van der Waals surface area (Å²) in [5.74, 6) is -1.69. The van der Waals surface area contributed by atoms with Crippen molar-refractivity contribution < 1.29 is 28.3 Å². The molecule has 0 aliphatic heterocycles. The van der Waals surface area contributed by atoms with Crippen LogP contribution in [-0.4, -0.2) is 29.1 Å². The molecule has 2 unspecified atom stereocenters. The quantitative estimate of drug-likeness (QED) is 0.224. The molecule has 1 amide bonds. The minimum Gasteiger partial charge on any atom is -0.480 e. The zero-order chi connectivity index (χ0) is 27.4. The van der Waals surface area contributed by atoms with Gasteiger partial charge in [-0.3, -0.25) is 13.8 Å². The zero-order valence-electron chi connectivity index (χ0n) is 21.7. The fourth-order valence-electron chi connectivity index (χ4n) is 3.78. The summed E-state index contributed by atoms with van der Waals surface area (Å²) < 4.78 is 25.6. The van der Waals surface area contributed by atoms with Crippen molar-refractivity contribution in [2.75, 3.05) is 0 Å². The Hall–Kier alpha value is -3.29. The third-order valence-corrected chi connectivity index (χ3v) is 7.29. The standard InChI is InChI=1S/C29H35N2O6P/c1-22(2)18-27(29(33)34)30-28(32)26(19-23-12-6-3-7-13-23)31-38(35,36-20-24-14-8-4-9-15-24)37-21-25-16-10-5-11-17-25/h3-17,22,26-27H,18-21H2,1-2H3,(H,30,32)(H,31,35)(H,33,34). The molecule has 3 aromatic carbocycles. The van der Waals surface area contributed by atoms with Gasteiger partial charge in [-0.15, -0.1) is 0 Å². The second kappa shape index (κ2) is 14.6. The molecule has 0 aliphatic carbocycles. The number of carboxylic acids is 1. The summed E-state index contributed by atoms with van der Waals surface area (Å²) in [5.41, 5.74) is 2.36. The van der Waals surface area contributed by atoms with Gasteiger partial charge < -0.3 is 10.4 Å². The summed E-state index contributed by atoms with van der Waals surface area (Å²) >= 11 is 0. The normalized spacial score (nSPS) is 13.1. The molecule has 2 atom stereocenters. The number of carbonyl (C=O) groups excluding carboxylic acids is 1. The zero-order valence-corrected chi connectivity index (χ0v) is 22.6. The van der Waals surface area contributed by atoms with E-state index in [9.17, 15) is 19.3 Å². The third kappa shape index (κ3) is 9.88. The molecule has 38 heavy (non-hydrogen) atoms. The van der Waals surface area contributed by atoms with Crippen molar-refractivity contribution in [3.8, 4) is 0 Å². The molecule has 9 heteroatoms. The first-order chi connectivity index (χ1) is 18.2. The molecule has 0 bridgehead atoms. The number of carbonyl (C=O) groups is 2. The topological polar surface area (TPSA) is 114 Å². The van der Waals surface area contributed by atoms with Crippen molar-refractivity contribution in [2.24, 2.45) is 5.92 Å². The molecule has 3 rings (SSSR count). The lowest BCUT2D eigenvalue weighted by molar-refractivity contribution is -0.142. The van der Waals surface area contributed by atoms with Crippen LogP contribution in [0, 0.1) is 5.92 Å². The van der Waals surface area contributed by atoms with Crippen LogP contribution in [0.3, 0.4) is 0 Å². The molecular weight excluding hydrogens is 503 g/mol. The number of amides is 1. The Morgan fingerprint density at radius 3 is 1.63 bits per heavy atom. The summed E-state index contributed by atoms with van der Waals surface area (Å²) in [4.78, 5) is 25.2. The molecule has 0 saturated heterocycles. The predicted octanol–water partition coefficient (Wildman–Crippen LogP) is 5.34. The van der Waals surface area contributed by atoms with Gasteiger partial charge in [0.25, 0.3) is 0 Å². The molecule has 0 aromatic heterocycles. The number of nitrogens with one attached hydrogen (secondary N) is 2. The SMILES string of the molecule is CC(C)CC(NC(=O)C(Cc1ccccc1)NP(=O)(OCc1ccccc1)OCc1ccccc1)C(=O)O. The summed E-state index contributed by atoms with van der Waals surface area (Å²) in [5, 5.41) is 15.1. The van der Waals surface area contributed by atoms with E-state index >= 15 is 0 Å². The molecule has 0 heterocycles. The van der Waals surface area contributed by atoms with E-state index in [2.05, 4.69) is 10.4 Å². The van der Waals surface area contributed by atoms with Gasteiger partial charge in [0.05, 0.1) is 13.2 Å². The number of aliphatic carboxylic acids is 1.